The summed E-state index contributed by atoms with van der Waals surface area (Å²) < 4.78 is 25.9. The zero-order valence-corrected chi connectivity index (χ0v) is 8.11. The fraction of sp³-hybridized carbons (Fsp3) is 0.222. The molecule has 86 valence electrons. The second-order valence-electron chi connectivity index (χ2n) is 3.22. The smallest absolute Gasteiger partial charge is 0.335 e. The summed E-state index contributed by atoms with van der Waals surface area (Å²) >= 11 is 0. The highest BCUT2D eigenvalue weighted by Gasteiger charge is 2.28. The number of aromatic carboxylic acids is 1. The van der Waals surface area contributed by atoms with Gasteiger partial charge in [-0.1, -0.05) is 0 Å². The number of rotatable bonds is 3. The number of carboxylic acid groups (broad SMARTS) is 1. The van der Waals surface area contributed by atoms with Crippen molar-refractivity contribution in [3.63, 3.8) is 0 Å². The highest BCUT2D eigenvalue weighted by molar-refractivity contribution is 5.88. The van der Waals surface area contributed by atoms with Gasteiger partial charge in [0, 0.05) is 24.6 Å². The number of benzene rings is 1. The second-order valence-corrected chi connectivity index (χ2v) is 3.22. The van der Waals surface area contributed by atoms with Crippen molar-refractivity contribution >= 4 is 11.7 Å². The molecule has 0 aliphatic rings. The summed E-state index contributed by atoms with van der Waals surface area (Å²) in [7, 11) is 0. The summed E-state index contributed by atoms with van der Waals surface area (Å²) in [6, 6.07) is 2.11. The van der Waals surface area contributed by atoms with Gasteiger partial charge in [0.1, 0.15) is 0 Å². The molecule has 0 aliphatic carbocycles. The Morgan fingerprint density at radius 2 is 2.00 bits per heavy atom. The summed E-state index contributed by atoms with van der Waals surface area (Å²) in [5.74, 6) is -4.81. The van der Waals surface area contributed by atoms with Crippen molar-refractivity contribution in [1.29, 1.82) is 0 Å². The number of nitro groups is 1. The van der Waals surface area contributed by atoms with Gasteiger partial charge in [0.15, 0.2) is 0 Å². The molecule has 16 heavy (non-hydrogen) atoms. The van der Waals surface area contributed by atoms with Gasteiger partial charge in [-0.2, -0.15) is 0 Å². The topological polar surface area (TPSA) is 80.4 Å². The normalized spacial score (nSPS) is 11.2. The molecule has 0 saturated carbocycles. The van der Waals surface area contributed by atoms with Crippen molar-refractivity contribution in [2.24, 2.45) is 0 Å². The van der Waals surface area contributed by atoms with Crippen molar-refractivity contribution in [3.05, 3.63) is 39.4 Å². The Bertz CT molecular complexity index is 421. The van der Waals surface area contributed by atoms with Gasteiger partial charge in [0.2, 0.25) is 0 Å². The first-order valence-corrected chi connectivity index (χ1v) is 4.13. The maximum atomic E-state index is 12.9. The van der Waals surface area contributed by atoms with Crippen molar-refractivity contribution in [3.8, 4) is 0 Å². The minimum Gasteiger partial charge on any atom is -0.478 e. The van der Waals surface area contributed by atoms with Crippen LogP contribution in [0.5, 0.6) is 0 Å². The summed E-state index contributed by atoms with van der Waals surface area (Å²) in [6.45, 7) is 0.539. The van der Waals surface area contributed by atoms with Crippen LogP contribution in [-0.2, 0) is 5.92 Å². The fourth-order valence-electron chi connectivity index (χ4n) is 1.09. The van der Waals surface area contributed by atoms with Gasteiger partial charge in [-0.25, -0.2) is 13.6 Å². The van der Waals surface area contributed by atoms with E-state index in [2.05, 4.69) is 0 Å². The van der Waals surface area contributed by atoms with Crippen LogP contribution in [0.2, 0.25) is 0 Å². The third-order valence-corrected chi connectivity index (χ3v) is 1.88. The Kier molecular flexibility index (Phi) is 2.88. The molecule has 0 heterocycles. The Morgan fingerprint density at radius 3 is 2.38 bits per heavy atom. The number of nitrogens with zero attached hydrogens (tertiary/aromatic N) is 1. The van der Waals surface area contributed by atoms with E-state index in [9.17, 15) is 23.7 Å². The molecule has 0 radical (unpaired) electrons. The predicted molar refractivity (Wildman–Crippen MR) is 49.6 cm³/mol. The molecule has 0 aromatic heterocycles. The zero-order chi connectivity index (χ0) is 12.5. The molecule has 0 atom stereocenters. The SMILES string of the molecule is CC(F)(F)c1cc(C(=O)O)cc([N+](=O)[O-])c1. The zero-order valence-electron chi connectivity index (χ0n) is 8.11. The van der Waals surface area contributed by atoms with Crippen LogP contribution in [0, 0.1) is 10.1 Å². The van der Waals surface area contributed by atoms with Crippen LogP contribution in [0.3, 0.4) is 0 Å². The lowest BCUT2D eigenvalue weighted by atomic mass is 10.1. The van der Waals surface area contributed by atoms with Crippen LogP contribution in [0.15, 0.2) is 18.2 Å². The minimum atomic E-state index is -3.32. The van der Waals surface area contributed by atoms with Crippen LogP contribution in [0.1, 0.15) is 22.8 Å². The third kappa shape index (κ3) is 2.50. The van der Waals surface area contributed by atoms with E-state index in [1.54, 1.807) is 0 Å². The lowest BCUT2D eigenvalue weighted by Crippen LogP contribution is -2.10. The van der Waals surface area contributed by atoms with E-state index >= 15 is 0 Å². The van der Waals surface area contributed by atoms with Gasteiger partial charge < -0.3 is 5.11 Å². The van der Waals surface area contributed by atoms with E-state index in [4.69, 9.17) is 5.11 Å². The Hall–Kier alpha value is -2.05. The largest absolute Gasteiger partial charge is 0.478 e. The number of nitro benzene ring substituents is 1. The lowest BCUT2D eigenvalue weighted by Gasteiger charge is -2.10. The Balaban J connectivity index is 3.42. The first-order chi connectivity index (χ1) is 7.21. The van der Waals surface area contributed by atoms with E-state index in [-0.39, 0.29) is 0 Å². The number of halogens is 2. The number of hydrogen-bond donors (Lipinski definition) is 1. The van der Waals surface area contributed by atoms with E-state index in [0.29, 0.717) is 13.0 Å². The molecule has 0 amide bonds. The second kappa shape index (κ2) is 3.84. The van der Waals surface area contributed by atoms with E-state index < -0.39 is 33.6 Å². The highest BCUT2D eigenvalue weighted by atomic mass is 19.3. The van der Waals surface area contributed by atoms with Crippen molar-refractivity contribution < 1.29 is 23.6 Å². The standard InChI is InChI=1S/C9H7F2NO4/c1-9(10,11)6-2-5(8(13)14)3-7(4-6)12(15)16/h2-4H,1H3,(H,13,14). The third-order valence-electron chi connectivity index (χ3n) is 1.88. The van der Waals surface area contributed by atoms with Crippen LogP contribution in [0.25, 0.3) is 0 Å². The molecule has 1 aromatic rings. The van der Waals surface area contributed by atoms with Gasteiger partial charge >= 0.3 is 5.97 Å². The van der Waals surface area contributed by atoms with Crippen LogP contribution in [-0.4, -0.2) is 16.0 Å². The van der Waals surface area contributed by atoms with Crippen molar-refractivity contribution in [1.82, 2.24) is 0 Å². The Morgan fingerprint density at radius 1 is 1.44 bits per heavy atom. The summed E-state index contributed by atoms with van der Waals surface area (Å²) in [5, 5.41) is 19.0. The molecule has 0 spiro atoms. The van der Waals surface area contributed by atoms with Gasteiger partial charge in [-0.15, -0.1) is 0 Å². The number of alkyl halides is 2. The van der Waals surface area contributed by atoms with Crippen LogP contribution >= 0.6 is 0 Å². The maximum absolute atomic E-state index is 12.9. The van der Waals surface area contributed by atoms with E-state index in [1.807, 2.05) is 0 Å². The van der Waals surface area contributed by atoms with Crippen molar-refractivity contribution in [2.75, 3.05) is 0 Å². The maximum Gasteiger partial charge on any atom is 0.335 e. The summed E-state index contributed by atoms with van der Waals surface area (Å²) in [5.41, 5.74) is -1.90. The number of carbonyl (C=O) groups is 1. The van der Waals surface area contributed by atoms with Gasteiger partial charge in [-0.3, -0.25) is 10.1 Å². The monoisotopic (exact) mass is 231 g/mol. The first kappa shape index (κ1) is 12.0. The number of carboxylic acids is 1. The first-order valence-electron chi connectivity index (χ1n) is 4.13. The molecule has 5 nitrogen and oxygen atoms in total. The average molecular weight is 231 g/mol. The molecule has 1 N–H and O–H groups in total. The van der Waals surface area contributed by atoms with Crippen LogP contribution < -0.4 is 0 Å². The summed E-state index contributed by atoms with van der Waals surface area (Å²) in [4.78, 5) is 20.1. The molecular weight excluding hydrogens is 224 g/mol. The quantitative estimate of drug-likeness (QED) is 0.639. The Labute approximate surface area is 88.5 Å². The van der Waals surface area contributed by atoms with E-state index in [1.165, 1.54) is 0 Å². The molecule has 0 bridgehead atoms. The van der Waals surface area contributed by atoms with Gasteiger partial charge in [-0.05, 0) is 6.07 Å². The molecule has 1 aromatic carbocycles. The molecule has 0 unspecified atom stereocenters. The van der Waals surface area contributed by atoms with Gasteiger partial charge in [0.25, 0.3) is 11.6 Å². The lowest BCUT2D eigenvalue weighted by molar-refractivity contribution is -0.385. The molecule has 0 saturated heterocycles. The van der Waals surface area contributed by atoms with E-state index in [0.717, 1.165) is 12.1 Å². The minimum absolute atomic E-state index is 0.536. The van der Waals surface area contributed by atoms with Crippen LogP contribution in [0.4, 0.5) is 14.5 Å². The molecule has 1 rings (SSSR count). The predicted octanol–water partition coefficient (Wildman–Crippen LogP) is 2.40. The molecule has 0 fully saturated rings. The number of non-ortho nitro benzene ring substituents is 1. The van der Waals surface area contributed by atoms with Gasteiger partial charge in [0.05, 0.1) is 10.5 Å². The fourth-order valence-corrected chi connectivity index (χ4v) is 1.09. The average Bonchev–Trinajstić information content (AvgIpc) is 2.15. The molecule has 7 heteroatoms. The highest BCUT2D eigenvalue weighted by Crippen LogP contribution is 2.30. The van der Waals surface area contributed by atoms with Crippen molar-refractivity contribution in [2.45, 2.75) is 12.8 Å². The molecular formula is C9H7F2NO4. The number of hydrogen-bond acceptors (Lipinski definition) is 3. The summed E-state index contributed by atoms with van der Waals surface area (Å²) in [6.07, 6.45) is 0. The molecule has 0 aliphatic heterocycles.